The van der Waals surface area contributed by atoms with Gasteiger partial charge in [-0.15, -0.1) is 0 Å². The van der Waals surface area contributed by atoms with Crippen LogP contribution in [0.15, 0.2) is 47.4 Å². The topological polar surface area (TPSA) is 100.0 Å². The zero-order valence-electron chi connectivity index (χ0n) is 18.7. The van der Waals surface area contributed by atoms with Gasteiger partial charge in [-0.25, -0.2) is 18.2 Å². The second kappa shape index (κ2) is 9.90. The first-order chi connectivity index (χ1) is 15.9. The number of sulfonamides is 1. The van der Waals surface area contributed by atoms with Crippen LogP contribution in [0.3, 0.4) is 0 Å². The normalized spacial score (nSPS) is 15.0. The molecule has 1 aliphatic heterocycles. The Labute approximate surface area is 192 Å². The number of ether oxygens (including phenoxy) is 3. The van der Waals surface area contributed by atoms with E-state index in [1.165, 1.54) is 4.31 Å². The number of fused-ring (bicyclic) bond motifs is 1. The van der Waals surface area contributed by atoms with E-state index >= 15 is 0 Å². The average Bonchev–Trinajstić information content (AvgIpc) is 3.20. The molecule has 2 aromatic carbocycles. The Bertz CT molecular complexity index is 1230. The van der Waals surface area contributed by atoms with Crippen LogP contribution in [0, 0.1) is 0 Å². The van der Waals surface area contributed by atoms with Crippen LogP contribution in [0.2, 0.25) is 0 Å². The summed E-state index contributed by atoms with van der Waals surface area (Å²) in [4.78, 5) is 17.3. The number of carbonyl (C=O) groups excluding carboxylic acids is 1. The highest BCUT2D eigenvalue weighted by Crippen LogP contribution is 2.24. The number of aromatic nitrogens is 2. The molecule has 1 aliphatic rings. The van der Waals surface area contributed by atoms with Gasteiger partial charge in [-0.1, -0.05) is 6.92 Å². The van der Waals surface area contributed by atoms with Crippen LogP contribution < -0.4 is 4.74 Å². The monoisotopic (exact) mass is 473 g/mol. The molecule has 0 spiro atoms. The largest absolute Gasteiger partial charge is 0.497 e. The van der Waals surface area contributed by atoms with Gasteiger partial charge in [0.2, 0.25) is 10.0 Å². The van der Waals surface area contributed by atoms with E-state index in [0.29, 0.717) is 55.5 Å². The number of hydrogen-bond donors (Lipinski definition) is 0. The molecule has 0 unspecified atom stereocenters. The van der Waals surface area contributed by atoms with Gasteiger partial charge in [-0.3, -0.25) is 0 Å². The lowest BCUT2D eigenvalue weighted by Crippen LogP contribution is -2.40. The molecule has 10 heteroatoms. The Hall–Kier alpha value is -2.95. The van der Waals surface area contributed by atoms with Gasteiger partial charge in [0.15, 0.2) is 0 Å². The zero-order chi connectivity index (χ0) is 23.4. The maximum Gasteiger partial charge on any atom is 0.338 e. The van der Waals surface area contributed by atoms with Crippen molar-refractivity contribution in [3.8, 4) is 5.75 Å². The third-order valence-corrected chi connectivity index (χ3v) is 7.41. The van der Waals surface area contributed by atoms with Crippen molar-refractivity contribution in [1.82, 2.24) is 13.9 Å². The number of benzene rings is 2. The quantitative estimate of drug-likeness (QED) is 0.464. The van der Waals surface area contributed by atoms with E-state index in [0.717, 1.165) is 11.9 Å². The van der Waals surface area contributed by atoms with Crippen molar-refractivity contribution < 1.29 is 27.4 Å². The Morgan fingerprint density at radius 3 is 2.52 bits per heavy atom. The van der Waals surface area contributed by atoms with Crippen molar-refractivity contribution in [3.63, 3.8) is 0 Å². The van der Waals surface area contributed by atoms with Gasteiger partial charge in [0.05, 0.1) is 41.8 Å². The number of nitrogens with zero attached hydrogens (tertiary/aromatic N) is 3. The first-order valence-corrected chi connectivity index (χ1v) is 12.3. The number of hydrogen-bond acceptors (Lipinski definition) is 7. The fourth-order valence-electron chi connectivity index (χ4n) is 3.78. The third kappa shape index (κ3) is 4.87. The number of esters is 1. The number of carbonyl (C=O) groups is 1. The Morgan fingerprint density at radius 1 is 1.12 bits per heavy atom. The summed E-state index contributed by atoms with van der Waals surface area (Å²) < 4.78 is 45.3. The first-order valence-electron chi connectivity index (χ1n) is 10.8. The highest BCUT2D eigenvalue weighted by molar-refractivity contribution is 7.89. The van der Waals surface area contributed by atoms with E-state index in [4.69, 9.17) is 14.2 Å². The van der Waals surface area contributed by atoms with Crippen LogP contribution in [-0.2, 0) is 32.6 Å². The number of methoxy groups -OCH3 is 1. The second-order valence-electron chi connectivity index (χ2n) is 7.65. The SMILES string of the molecule is CCCn1c(COC(=O)c2ccc(OC)cc2)nc2cc(S(=O)(=O)N3CCOCC3)ccc21. The average molecular weight is 474 g/mol. The highest BCUT2D eigenvalue weighted by atomic mass is 32.2. The minimum atomic E-state index is -3.63. The van der Waals surface area contributed by atoms with Crippen LogP contribution in [-0.4, -0.2) is 61.7 Å². The number of rotatable bonds is 8. The van der Waals surface area contributed by atoms with E-state index in [1.54, 1.807) is 49.6 Å². The molecular formula is C23H27N3O6S. The zero-order valence-corrected chi connectivity index (χ0v) is 19.5. The lowest BCUT2D eigenvalue weighted by atomic mass is 10.2. The molecule has 1 saturated heterocycles. The molecule has 0 aliphatic carbocycles. The van der Waals surface area contributed by atoms with Crippen LogP contribution in [0.5, 0.6) is 5.75 Å². The molecule has 0 saturated carbocycles. The van der Waals surface area contributed by atoms with Crippen LogP contribution in [0.25, 0.3) is 11.0 Å². The van der Waals surface area contributed by atoms with Gasteiger partial charge in [-0.2, -0.15) is 4.31 Å². The van der Waals surface area contributed by atoms with Gasteiger partial charge in [0.1, 0.15) is 18.2 Å². The maximum absolute atomic E-state index is 13.0. The summed E-state index contributed by atoms with van der Waals surface area (Å²) in [7, 11) is -2.07. The van der Waals surface area contributed by atoms with Gasteiger partial charge >= 0.3 is 5.97 Å². The van der Waals surface area contributed by atoms with Crippen molar-refractivity contribution in [2.45, 2.75) is 31.4 Å². The Morgan fingerprint density at radius 2 is 1.85 bits per heavy atom. The summed E-state index contributed by atoms with van der Waals surface area (Å²) in [5, 5.41) is 0. The van der Waals surface area contributed by atoms with Gasteiger partial charge in [0, 0.05) is 19.6 Å². The number of imidazole rings is 1. The lowest BCUT2D eigenvalue weighted by molar-refractivity contribution is 0.0458. The molecule has 0 radical (unpaired) electrons. The minimum Gasteiger partial charge on any atom is -0.497 e. The number of aryl methyl sites for hydroxylation is 1. The van der Waals surface area contributed by atoms with Gasteiger partial charge < -0.3 is 18.8 Å². The second-order valence-corrected chi connectivity index (χ2v) is 9.59. The molecule has 1 aromatic heterocycles. The molecule has 0 atom stereocenters. The molecule has 4 rings (SSSR count). The molecule has 0 N–H and O–H groups in total. The maximum atomic E-state index is 13.0. The van der Waals surface area contributed by atoms with Gasteiger partial charge in [-0.05, 0) is 48.9 Å². The van der Waals surface area contributed by atoms with E-state index in [9.17, 15) is 13.2 Å². The standard InChI is InChI=1S/C23H27N3O6S/c1-3-10-26-21-9-8-19(33(28,29)25-11-13-31-14-12-25)15-20(21)24-22(26)16-32-23(27)17-4-6-18(30-2)7-5-17/h4-9,15H,3,10-14,16H2,1-2H3. The predicted molar refractivity (Wildman–Crippen MR) is 122 cm³/mol. The summed E-state index contributed by atoms with van der Waals surface area (Å²) >= 11 is 0. The number of morpholine rings is 1. The predicted octanol–water partition coefficient (Wildman–Crippen LogP) is 2.83. The van der Waals surface area contributed by atoms with E-state index in [1.807, 2.05) is 11.5 Å². The summed E-state index contributed by atoms with van der Waals surface area (Å²) in [6.45, 7) is 4.11. The minimum absolute atomic E-state index is 0.0227. The molecule has 1 fully saturated rings. The summed E-state index contributed by atoms with van der Waals surface area (Å²) in [5.41, 5.74) is 1.76. The van der Waals surface area contributed by atoms with Crippen molar-refractivity contribution in [2.24, 2.45) is 0 Å². The smallest absolute Gasteiger partial charge is 0.338 e. The van der Waals surface area contributed by atoms with Crippen LogP contribution >= 0.6 is 0 Å². The van der Waals surface area contributed by atoms with Crippen molar-refractivity contribution in [2.75, 3.05) is 33.4 Å². The molecule has 3 aromatic rings. The van der Waals surface area contributed by atoms with Gasteiger partial charge in [0.25, 0.3) is 0 Å². The summed E-state index contributed by atoms with van der Waals surface area (Å²) in [5.74, 6) is 0.747. The fraction of sp³-hybridized carbons (Fsp3) is 0.391. The molecule has 176 valence electrons. The lowest BCUT2D eigenvalue weighted by Gasteiger charge is -2.26. The van der Waals surface area contributed by atoms with E-state index in [2.05, 4.69) is 4.98 Å². The van der Waals surface area contributed by atoms with E-state index < -0.39 is 16.0 Å². The molecule has 2 heterocycles. The van der Waals surface area contributed by atoms with Crippen LogP contribution in [0.1, 0.15) is 29.5 Å². The summed E-state index contributed by atoms with van der Waals surface area (Å²) in [6, 6.07) is 11.6. The molecular weight excluding hydrogens is 446 g/mol. The Balaban J connectivity index is 1.58. The third-order valence-electron chi connectivity index (χ3n) is 5.51. The first kappa shape index (κ1) is 23.2. The van der Waals surface area contributed by atoms with Crippen molar-refractivity contribution in [1.29, 1.82) is 0 Å². The van der Waals surface area contributed by atoms with Crippen molar-refractivity contribution in [3.05, 3.63) is 53.9 Å². The highest BCUT2D eigenvalue weighted by Gasteiger charge is 2.27. The fourth-order valence-corrected chi connectivity index (χ4v) is 5.21. The Kier molecular flexibility index (Phi) is 6.96. The molecule has 33 heavy (non-hydrogen) atoms. The molecule has 9 nitrogen and oxygen atoms in total. The van der Waals surface area contributed by atoms with E-state index in [-0.39, 0.29) is 11.5 Å². The molecule has 0 bridgehead atoms. The summed E-state index contributed by atoms with van der Waals surface area (Å²) in [6.07, 6.45) is 0.846. The van der Waals surface area contributed by atoms with Crippen molar-refractivity contribution >= 4 is 27.0 Å². The van der Waals surface area contributed by atoms with Crippen LogP contribution in [0.4, 0.5) is 0 Å². The molecule has 0 amide bonds.